The van der Waals surface area contributed by atoms with E-state index in [1.807, 2.05) is 31.2 Å². The highest BCUT2D eigenvalue weighted by Crippen LogP contribution is 2.22. The van der Waals surface area contributed by atoms with Crippen LogP contribution < -0.4 is 5.73 Å². The molecule has 3 nitrogen and oxygen atoms in total. The van der Waals surface area contributed by atoms with Crippen LogP contribution in [-0.4, -0.2) is 0 Å². The Bertz CT molecular complexity index is 703. The molecule has 0 spiro atoms. The van der Waals surface area contributed by atoms with Gasteiger partial charge >= 0.3 is 0 Å². The molecule has 0 heterocycles. The van der Waals surface area contributed by atoms with Crippen LogP contribution in [0.25, 0.3) is 0 Å². The Morgan fingerprint density at radius 2 is 1.79 bits per heavy atom. The van der Waals surface area contributed by atoms with Crippen LogP contribution in [-0.2, 0) is 6.42 Å². The van der Waals surface area contributed by atoms with Gasteiger partial charge in [0.25, 0.3) is 0 Å². The summed E-state index contributed by atoms with van der Waals surface area (Å²) in [4.78, 5) is 0. The highest BCUT2D eigenvalue weighted by atomic mass is 14.6. The fourth-order valence-corrected chi connectivity index (χ4v) is 2.02. The SMILES string of the molecule is Cc1c(N)cc(C#N)cc1Cc1cccc(C#N)c1. The van der Waals surface area contributed by atoms with Crippen molar-refractivity contribution in [1.82, 2.24) is 0 Å². The molecule has 0 aliphatic heterocycles. The number of hydrogen-bond donors (Lipinski definition) is 1. The topological polar surface area (TPSA) is 73.6 Å². The van der Waals surface area contributed by atoms with Crippen LogP contribution in [0.15, 0.2) is 36.4 Å². The van der Waals surface area contributed by atoms with Crippen molar-refractivity contribution >= 4 is 5.69 Å². The quantitative estimate of drug-likeness (QED) is 0.829. The second-order valence-corrected chi connectivity index (χ2v) is 4.45. The van der Waals surface area contributed by atoms with Gasteiger partial charge in [-0.2, -0.15) is 10.5 Å². The molecule has 0 aromatic heterocycles. The predicted molar refractivity (Wildman–Crippen MR) is 74.3 cm³/mol. The number of nitrogen functional groups attached to an aromatic ring is 1. The highest BCUT2D eigenvalue weighted by Gasteiger charge is 2.06. The number of nitrogens with zero attached hydrogens (tertiary/aromatic N) is 2. The van der Waals surface area contributed by atoms with Crippen molar-refractivity contribution in [3.05, 3.63) is 64.2 Å². The molecule has 0 saturated carbocycles. The summed E-state index contributed by atoms with van der Waals surface area (Å²) in [6, 6.07) is 15.2. The average molecular weight is 247 g/mol. The highest BCUT2D eigenvalue weighted by molar-refractivity contribution is 5.56. The molecule has 19 heavy (non-hydrogen) atoms. The van der Waals surface area contributed by atoms with Crippen molar-refractivity contribution in [1.29, 1.82) is 10.5 Å². The van der Waals surface area contributed by atoms with Gasteiger partial charge in [0, 0.05) is 5.69 Å². The van der Waals surface area contributed by atoms with Gasteiger partial charge in [0.15, 0.2) is 0 Å². The lowest BCUT2D eigenvalue weighted by atomic mass is 9.96. The lowest BCUT2D eigenvalue weighted by molar-refractivity contribution is 1.15. The minimum Gasteiger partial charge on any atom is -0.398 e. The first-order valence-electron chi connectivity index (χ1n) is 5.92. The van der Waals surface area contributed by atoms with E-state index in [9.17, 15) is 0 Å². The summed E-state index contributed by atoms with van der Waals surface area (Å²) in [5.41, 5.74) is 10.8. The van der Waals surface area contributed by atoms with E-state index in [1.54, 1.807) is 12.1 Å². The molecule has 2 aromatic rings. The van der Waals surface area contributed by atoms with Gasteiger partial charge in [-0.05, 0) is 54.3 Å². The first-order valence-corrected chi connectivity index (χ1v) is 5.92. The maximum Gasteiger partial charge on any atom is 0.0992 e. The summed E-state index contributed by atoms with van der Waals surface area (Å²) < 4.78 is 0. The average Bonchev–Trinajstić information content (AvgIpc) is 2.43. The van der Waals surface area contributed by atoms with Crippen LogP contribution in [0, 0.1) is 29.6 Å². The Morgan fingerprint density at radius 1 is 1.05 bits per heavy atom. The van der Waals surface area contributed by atoms with Crippen molar-refractivity contribution < 1.29 is 0 Å². The molecule has 0 bridgehead atoms. The van der Waals surface area contributed by atoms with Crippen LogP contribution in [0.1, 0.15) is 27.8 Å². The Labute approximate surface area is 112 Å². The monoisotopic (exact) mass is 247 g/mol. The molecule has 2 rings (SSSR count). The Hall–Kier alpha value is -2.78. The fourth-order valence-electron chi connectivity index (χ4n) is 2.02. The van der Waals surface area contributed by atoms with E-state index >= 15 is 0 Å². The zero-order valence-electron chi connectivity index (χ0n) is 10.6. The van der Waals surface area contributed by atoms with Crippen molar-refractivity contribution in [3.63, 3.8) is 0 Å². The van der Waals surface area contributed by atoms with Crippen molar-refractivity contribution in [2.24, 2.45) is 0 Å². The molecule has 2 N–H and O–H groups in total. The molecule has 0 radical (unpaired) electrons. The lowest BCUT2D eigenvalue weighted by Gasteiger charge is -2.09. The minimum absolute atomic E-state index is 0.564. The van der Waals surface area contributed by atoms with Crippen LogP contribution in [0.4, 0.5) is 5.69 Å². The number of nitrogens with two attached hydrogens (primary N) is 1. The largest absolute Gasteiger partial charge is 0.398 e. The maximum atomic E-state index is 8.98. The normalized spacial score (nSPS) is 9.63. The third-order valence-corrected chi connectivity index (χ3v) is 3.14. The second-order valence-electron chi connectivity index (χ2n) is 4.45. The first-order chi connectivity index (χ1) is 9.13. The van der Waals surface area contributed by atoms with Gasteiger partial charge in [0.2, 0.25) is 0 Å². The van der Waals surface area contributed by atoms with E-state index in [0.29, 0.717) is 23.2 Å². The number of nitriles is 2. The zero-order valence-corrected chi connectivity index (χ0v) is 10.6. The van der Waals surface area contributed by atoms with Crippen LogP contribution in [0.2, 0.25) is 0 Å². The lowest BCUT2D eigenvalue weighted by Crippen LogP contribution is -1.99. The molecular formula is C16H13N3. The van der Waals surface area contributed by atoms with Gasteiger partial charge in [-0.3, -0.25) is 0 Å². The molecule has 92 valence electrons. The fraction of sp³-hybridized carbons (Fsp3) is 0.125. The molecule has 0 aliphatic rings. The number of anilines is 1. The summed E-state index contributed by atoms with van der Waals surface area (Å²) in [5.74, 6) is 0. The van der Waals surface area contributed by atoms with E-state index in [0.717, 1.165) is 16.7 Å². The van der Waals surface area contributed by atoms with E-state index < -0.39 is 0 Å². The molecule has 3 heteroatoms. The number of hydrogen-bond acceptors (Lipinski definition) is 3. The van der Waals surface area contributed by atoms with Gasteiger partial charge in [-0.1, -0.05) is 12.1 Å². The Kier molecular flexibility index (Phi) is 3.50. The first kappa shape index (κ1) is 12.7. The summed E-state index contributed by atoms with van der Waals surface area (Å²) in [6.45, 7) is 1.94. The van der Waals surface area contributed by atoms with Crippen LogP contribution in [0.5, 0.6) is 0 Å². The van der Waals surface area contributed by atoms with Gasteiger partial charge < -0.3 is 5.73 Å². The van der Waals surface area contributed by atoms with Crippen LogP contribution in [0.3, 0.4) is 0 Å². The van der Waals surface area contributed by atoms with Gasteiger partial charge in [-0.25, -0.2) is 0 Å². The minimum atomic E-state index is 0.564. The van der Waals surface area contributed by atoms with E-state index in [2.05, 4.69) is 12.1 Å². The third-order valence-electron chi connectivity index (χ3n) is 3.14. The van der Waals surface area contributed by atoms with Gasteiger partial charge in [0.05, 0.1) is 23.3 Å². The summed E-state index contributed by atoms with van der Waals surface area (Å²) in [6.07, 6.45) is 0.668. The van der Waals surface area contributed by atoms with E-state index in [-0.39, 0.29) is 0 Å². The van der Waals surface area contributed by atoms with Gasteiger partial charge in [0.1, 0.15) is 0 Å². The van der Waals surface area contributed by atoms with Crippen LogP contribution >= 0.6 is 0 Å². The predicted octanol–water partition coefficient (Wildman–Crippen LogP) is 2.91. The Morgan fingerprint density at radius 3 is 2.47 bits per heavy atom. The van der Waals surface area contributed by atoms with Gasteiger partial charge in [-0.15, -0.1) is 0 Å². The molecule has 0 amide bonds. The number of rotatable bonds is 2. The molecule has 2 aromatic carbocycles. The molecule has 0 fully saturated rings. The third kappa shape index (κ3) is 2.73. The standard InChI is InChI=1S/C16H13N3/c1-11-15(7-14(10-18)8-16(11)19)6-12-3-2-4-13(5-12)9-17/h2-5,7-8H,6,19H2,1H3. The Balaban J connectivity index is 2.41. The summed E-state index contributed by atoms with van der Waals surface area (Å²) in [7, 11) is 0. The smallest absolute Gasteiger partial charge is 0.0992 e. The maximum absolute atomic E-state index is 8.98. The van der Waals surface area contributed by atoms with Crippen molar-refractivity contribution in [3.8, 4) is 12.1 Å². The molecule has 0 aliphatic carbocycles. The zero-order chi connectivity index (χ0) is 13.8. The van der Waals surface area contributed by atoms with E-state index in [4.69, 9.17) is 16.3 Å². The molecule has 0 unspecified atom stereocenters. The van der Waals surface area contributed by atoms with E-state index in [1.165, 1.54) is 0 Å². The summed E-state index contributed by atoms with van der Waals surface area (Å²) in [5, 5.41) is 17.9. The van der Waals surface area contributed by atoms with Crippen molar-refractivity contribution in [2.75, 3.05) is 5.73 Å². The molecular weight excluding hydrogens is 234 g/mol. The second kappa shape index (κ2) is 5.25. The van der Waals surface area contributed by atoms with Crippen molar-refractivity contribution in [2.45, 2.75) is 13.3 Å². The molecule has 0 saturated heterocycles. The molecule has 0 atom stereocenters. The summed E-state index contributed by atoms with van der Waals surface area (Å²) >= 11 is 0. The number of benzene rings is 2.